The van der Waals surface area contributed by atoms with Gasteiger partial charge in [0.15, 0.2) is 0 Å². The Labute approximate surface area is 147 Å². The maximum Gasteiger partial charge on any atom is 0.119 e. The van der Waals surface area contributed by atoms with Crippen molar-refractivity contribution in [3.8, 4) is 5.75 Å². The van der Waals surface area contributed by atoms with Gasteiger partial charge in [-0.3, -0.25) is 0 Å². The minimum Gasteiger partial charge on any atom is -0.494 e. The maximum absolute atomic E-state index is 5.55. The highest BCUT2D eigenvalue weighted by atomic mass is 16.5. The van der Waals surface area contributed by atoms with Crippen LogP contribution in [0.15, 0.2) is 24.3 Å². The normalized spacial score (nSPS) is 23.9. The van der Waals surface area contributed by atoms with Crippen LogP contribution < -0.4 is 9.64 Å². The molecule has 3 rings (SSSR count). The topological polar surface area (TPSA) is 19.0 Å². The fraction of sp³-hybridized carbons (Fsp3) is 0.700. The van der Waals surface area contributed by atoms with E-state index in [1.807, 2.05) is 6.92 Å². The monoisotopic (exact) mass is 331 g/mol. The lowest BCUT2D eigenvalue weighted by atomic mass is 10.0. The van der Waals surface area contributed by atoms with Gasteiger partial charge in [-0.25, -0.2) is 0 Å². The smallest absolute Gasteiger partial charge is 0.119 e. The van der Waals surface area contributed by atoms with E-state index >= 15 is 0 Å². The zero-order valence-corrected chi connectivity index (χ0v) is 15.6. The van der Waals surface area contributed by atoms with Crippen LogP contribution in [-0.4, -0.2) is 68.8 Å². The molecule has 4 heteroatoms. The molecule has 4 nitrogen and oxygen atoms in total. The molecule has 2 aliphatic heterocycles. The van der Waals surface area contributed by atoms with Crippen molar-refractivity contribution in [3.05, 3.63) is 24.3 Å². The molecule has 2 atom stereocenters. The maximum atomic E-state index is 5.55. The molecule has 0 aromatic heterocycles. The molecule has 0 aliphatic carbocycles. The van der Waals surface area contributed by atoms with E-state index in [1.165, 1.54) is 58.0 Å². The van der Waals surface area contributed by atoms with Crippen molar-refractivity contribution in [1.29, 1.82) is 0 Å². The van der Waals surface area contributed by atoms with Crippen LogP contribution >= 0.6 is 0 Å². The predicted molar refractivity (Wildman–Crippen MR) is 101 cm³/mol. The van der Waals surface area contributed by atoms with Crippen molar-refractivity contribution in [2.24, 2.45) is 11.8 Å². The van der Waals surface area contributed by atoms with Gasteiger partial charge >= 0.3 is 0 Å². The third kappa shape index (κ3) is 4.04. The summed E-state index contributed by atoms with van der Waals surface area (Å²) in [5.74, 6) is 2.66. The molecule has 0 N–H and O–H groups in total. The molecular weight excluding hydrogens is 298 g/mol. The number of ether oxygens (including phenoxy) is 1. The summed E-state index contributed by atoms with van der Waals surface area (Å²) in [5.41, 5.74) is 1.35. The highest BCUT2D eigenvalue weighted by molar-refractivity contribution is 5.50. The van der Waals surface area contributed by atoms with E-state index < -0.39 is 0 Å². The van der Waals surface area contributed by atoms with Gasteiger partial charge in [0.2, 0.25) is 0 Å². The molecule has 2 fully saturated rings. The SMILES string of the molecule is CCOc1ccc(N2C[C@H]3CN(CCN(CC)CC)C[C@H]3C2)cc1. The van der Waals surface area contributed by atoms with E-state index in [9.17, 15) is 0 Å². The van der Waals surface area contributed by atoms with Crippen molar-refractivity contribution in [3.63, 3.8) is 0 Å². The summed E-state index contributed by atoms with van der Waals surface area (Å²) in [6.45, 7) is 17.0. The van der Waals surface area contributed by atoms with Gasteiger partial charge in [0, 0.05) is 45.0 Å². The van der Waals surface area contributed by atoms with Gasteiger partial charge in [-0.1, -0.05) is 13.8 Å². The summed E-state index contributed by atoms with van der Waals surface area (Å²) in [6, 6.07) is 8.63. The molecule has 0 bridgehead atoms. The van der Waals surface area contributed by atoms with Gasteiger partial charge in [-0.05, 0) is 56.1 Å². The van der Waals surface area contributed by atoms with Gasteiger partial charge in [0.1, 0.15) is 5.75 Å². The summed E-state index contributed by atoms with van der Waals surface area (Å²) in [4.78, 5) is 7.77. The minimum atomic E-state index is 0.733. The predicted octanol–water partition coefficient (Wildman–Crippen LogP) is 2.80. The standard InChI is InChI=1S/C20H33N3O/c1-4-21(5-2)11-12-22-13-17-15-23(16-18(17)14-22)19-7-9-20(10-8-19)24-6-3/h7-10,17-18H,4-6,11-16H2,1-3H3/t17-,18+. The van der Waals surface area contributed by atoms with Crippen molar-refractivity contribution >= 4 is 5.69 Å². The molecule has 1 aromatic rings. The van der Waals surface area contributed by atoms with Crippen LogP contribution in [0, 0.1) is 11.8 Å². The van der Waals surface area contributed by atoms with Gasteiger partial charge in [-0.15, -0.1) is 0 Å². The Morgan fingerprint density at radius 2 is 1.58 bits per heavy atom. The van der Waals surface area contributed by atoms with E-state index in [2.05, 4.69) is 52.8 Å². The molecule has 2 saturated heterocycles. The van der Waals surface area contributed by atoms with E-state index in [1.54, 1.807) is 0 Å². The Kier molecular flexibility index (Phi) is 6.01. The molecule has 24 heavy (non-hydrogen) atoms. The number of hydrogen-bond donors (Lipinski definition) is 0. The van der Waals surface area contributed by atoms with Crippen molar-refractivity contribution in [1.82, 2.24) is 9.80 Å². The van der Waals surface area contributed by atoms with Gasteiger partial charge in [-0.2, -0.15) is 0 Å². The highest BCUT2D eigenvalue weighted by Crippen LogP contribution is 2.34. The van der Waals surface area contributed by atoms with Gasteiger partial charge in [0.25, 0.3) is 0 Å². The lowest BCUT2D eigenvalue weighted by Crippen LogP contribution is -2.36. The number of hydrogen-bond acceptors (Lipinski definition) is 4. The Morgan fingerprint density at radius 3 is 2.12 bits per heavy atom. The fourth-order valence-electron chi connectivity index (χ4n) is 4.23. The number of rotatable bonds is 8. The lowest BCUT2D eigenvalue weighted by molar-refractivity contribution is 0.233. The molecule has 2 heterocycles. The van der Waals surface area contributed by atoms with Gasteiger partial charge in [0.05, 0.1) is 6.61 Å². The van der Waals surface area contributed by atoms with Crippen LogP contribution in [0.5, 0.6) is 5.75 Å². The summed E-state index contributed by atoms with van der Waals surface area (Å²) in [6.07, 6.45) is 0. The van der Waals surface area contributed by atoms with E-state index in [0.717, 1.165) is 24.2 Å². The molecule has 134 valence electrons. The second-order valence-electron chi connectivity index (χ2n) is 7.14. The Bertz CT molecular complexity index is 486. The summed E-state index contributed by atoms with van der Waals surface area (Å²) >= 11 is 0. The third-order valence-electron chi connectivity index (χ3n) is 5.70. The van der Waals surface area contributed by atoms with E-state index in [4.69, 9.17) is 4.74 Å². The molecule has 2 aliphatic rings. The summed E-state index contributed by atoms with van der Waals surface area (Å²) in [5, 5.41) is 0. The van der Waals surface area contributed by atoms with Gasteiger partial charge < -0.3 is 19.4 Å². The molecule has 0 saturated carbocycles. The molecule has 0 spiro atoms. The second-order valence-corrected chi connectivity index (χ2v) is 7.14. The first-order chi connectivity index (χ1) is 11.7. The van der Waals surface area contributed by atoms with E-state index in [0.29, 0.717) is 0 Å². The van der Waals surface area contributed by atoms with Crippen molar-refractivity contribution in [2.75, 3.05) is 63.9 Å². The molecular formula is C20H33N3O. The first-order valence-corrected chi connectivity index (χ1v) is 9.66. The third-order valence-corrected chi connectivity index (χ3v) is 5.70. The van der Waals surface area contributed by atoms with Crippen LogP contribution in [0.2, 0.25) is 0 Å². The quantitative estimate of drug-likeness (QED) is 0.729. The average Bonchev–Trinajstić information content (AvgIpc) is 3.15. The number of likely N-dealkylation sites (tertiary alicyclic amines) is 1. The zero-order valence-electron chi connectivity index (χ0n) is 15.6. The molecule has 0 radical (unpaired) electrons. The Morgan fingerprint density at radius 1 is 0.958 bits per heavy atom. The zero-order chi connectivity index (χ0) is 16.9. The summed E-state index contributed by atoms with van der Waals surface area (Å²) in [7, 11) is 0. The van der Waals surface area contributed by atoms with Crippen LogP contribution in [-0.2, 0) is 0 Å². The Hall–Kier alpha value is -1.26. The lowest BCUT2D eigenvalue weighted by Gasteiger charge is -2.25. The summed E-state index contributed by atoms with van der Waals surface area (Å²) < 4.78 is 5.55. The average molecular weight is 332 g/mol. The minimum absolute atomic E-state index is 0.733. The Balaban J connectivity index is 1.48. The molecule has 0 unspecified atom stereocenters. The highest BCUT2D eigenvalue weighted by Gasteiger charge is 2.39. The number of benzene rings is 1. The first kappa shape index (κ1) is 17.6. The van der Waals surface area contributed by atoms with Crippen LogP contribution in [0.4, 0.5) is 5.69 Å². The number of anilines is 1. The largest absolute Gasteiger partial charge is 0.494 e. The number of fused-ring (bicyclic) bond motifs is 1. The molecule has 1 aromatic carbocycles. The molecule has 0 amide bonds. The van der Waals surface area contributed by atoms with Crippen molar-refractivity contribution < 1.29 is 4.74 Å². The van der Waals surface area contributed by atoms with Crippen LogP contribution in [0.3, 0.4) is 0 Å². The van der Waals surface area contributed by atoms with E-state index in [-0.39, 0.29) is 0 Å². The second kappa shape index (κ2) is 8.21. The van der Waals surface area contributed by atoms with Crippen LogP contribution in [0.25, 0.3) is 0 Å². The van der Waals surface area contributed by atoms with Crippen molar-refractivity contribution in [2.45, 2.75) is 20.8 Å². The van der Waals surface area contributed by atoms with Crippen LogP contribution in [0.1, 0.15) is 20.8 Å². The fourth-order valence-corrected chi connectivity index (χ4v) is 4.23. The number of nitrogens with zero attached hydrogens (tertiary/aromatic N) is 3. The first-order valence-electron chi connectivity index (χ1n) is 9.66. The number of likely N-dealkylation sites (N-methyl/N-ethyl adjacent to an activating group) is 1.